The molecule has 0 spiro atoms. The molecule has 0 saturated heterocycles. The molecule has 2 atom stereocenters. The van der Waals surface area contributed by atoms with E-state index in [1.165, 1.54) is 11.1 Å². The molecule has 1 N–H and O–H groups in total. The topological polar surface area (TPSA) is 38.3 Å². The predicted molar refractivity (Wildman–Crippen MR) is 87.0 cm³/mol. The fourth-order valence-corrected chi connectivity index (χ4v) is 2.81. The molecule has 114 valence electrons. The highest BCUT2D eigenvalue weighted by atomic mass is 16.5. The van der Waals surface area contributed by atoms with Gasteiger partial charge in [-0.3, -0.25) is 4.79 Å². The minimum atomic E-state index is 0.151. The van der Waals surface area contributed by atoms with E-state index in [0.717, 1.165) is 18.6 Å². The Morgan fingerprint density at radius 2 is 1.86 bits per heavy atom. The summed E-state index contributed by atoms with van der Waals surface area (Å²) in [5, 5.41) is 3.05. The van der Waals surface area contributed by atoms with Gasteiger partial charge in [0.25, 0.3) is 0 Å². The first kappa shape index (κ1) is 14.6. The van der Waals surface area contributed by atoms with Gasteiger partial charge in [-0.2, -0.15) is 0 Å². The Morgan fingerprint density at radius 1 is 1.14 bits per heavy atom. The lowest BCUT2D eigenvalue weighted by Gasteiger charge is -2.06. The van der Waals surface area contributed by atoms with Crippen LogP contribution in [-0.4, -0.2) is 19.6 Å². The number of benzene rings is 2. The van der Waals surface area contributed by atoms with E-state index in [9.17, 15) is 4.79 Å². The molecule has 1 aliphatic carbocycles. The normalized spacial score (nSPS) is 19.5. The maximum atomic E-state index is 12.1. The van der Waals surface area contributed by atoms with E-state index in [2.05, 4.69) is 17.4 Å². The van der Waals surface area contributed by atoms with E-state index < -0.39 is 0 Å². The monoisotopic (exact) mass is 295 g/mol. The molecule has 3 nitrogen and oxygen atoms in total. The Balaban J connectivity index is 1.43. The molecule has 1 saturated carbocycles. The number of hydrogen-bond donors (Lipinski definition) is 1. The van der Waals surface area contributed by atoms with Crippen molar-refractivity contribution in [3.8, 4) is 5.75 Å². The third-order valence-electron chi connectivity index (χ3n) is 4.23. The number of carbonyl (C=O) groups excluding carboxylic acids is 1. The average Bonchev–Trinajstić information content (AvgIpc) is 3.37. The first-order chi connectivity index (χ1) is 10.8. The maximum Gasteiger partial charge on any atom is 0.223 e. The van der Waals surface area contributed by atoms with Gasteiger partial charge in [-0.25, -0.2) is 0 Å². The second kappa shape index (κ2) is 6.65. The Hall–Kier alpha value is -2.29. The smallest absolute Gasteiger partial charge is 0.223 e. The van der Waals surface area contributed by atoms with Gasteiger partial charge in [-0.15, -0.1) is 0 Å². The summed E-state index contributed by atoms with van der Waals surface area (Å²) in [7, 11) is 1.66. The molecule has 2 aromatic carbocycles. The Bertz CT molecular complexity index is 622. The molecular weight excluding hydrogens is 274 g/mol. The van der Waals surface area contributed by atoms with Gasteiger partial charge in [0.05, 0.1) is 7.11 Å². The number of carbonyl (C=O) groups is 1. The van der Waals surface area contributed by atoms with E-state index in [0.29, 0.717) is 12.5 Å². The molecule has 22 heavy (non-hydrogen) atoms. The summed E-state index contributed by atoms with van der Waals surface area (Å²) >= 11 is 0. The van der Waals surface area contributed by atoms with Crippen molar-refractivity contribution in [3.05, 3.63) is 65.7 Å². The third-order valence-corrected chi connectivity index (χ3v) is 4.23. The van der Waals surface area contributed by atoms with Crippen LogP contribution in [0.25, 0.3) is 0 Å². The first-order valence-electron chi connectivity index (χ1n) is 7.73. The fourth-order valence-electron chi connectivity index (χ4n) is 2.81. The van der Waals surface area contributed by atoms with Crippen molar-refractivity contribution >= 4 is 5.91 Å². The van der Waals surface area contributed by atoms with Crippen LogP contribution >= 0.6 is 0 Å². The van der Waals surface area contributed by atoms with Crippen LogP contribution in [-0.2, 0) is 11.2 Å². The van der Waals surface area contributed by atoms with Crippen LogP contribution in [0.3, 0.4) is 0 Å². The molecule has 3 rings (SSSR count). The van der Waals surface area contributed by atoms with Gasteiger partial charge >= 0.3 is 0 Å². The van der Waals surface area contributed by atoms with Gasteiger partial charge in [0.2, 0.25) is 5.91 Å². The lowest BCUT2D eigenvalue weighted by atomic mass is 10.1. The molecule has 0 aromatic heterocycles. The number of hydrogen-bond acceptors (Lipinski definition) is 2. The second-order valence-electron chi connectivity index (χ2n) is 5.75. The first-order valence-corrected chi connectivity index (χ1v) is 7.73. The molecule has 3 heteroatoms. The molecule has 0 aliphatic heterocycles. The standard InChI is InChI=1S/C19H21NO2/c1-22-16-9-7-14(8-10-16)11-12-20-19(21)18-13-17(18)15-5-3-2-4-6-15/h2-10,17-18H,11-13H2,1H3,(H,20,21). The zero-order valence-electron chi connectivity index (χ0n) is 12.8. The summed E-state index contributed by atoms with van der Waals surface area (Å²) in [5.74, 6) is 1.60. The molecule has 0 heterocycles. The highest BCUT2D eigenvalue weighted by Gasteiger charge is 2.43. The average molecular weight is 295 g/mol. The zero-order valence-corrected chi connectivity index (χ0v) is 12.8. The number of ether oxygens (including phenoxy) is 1. The third kappa shape index (κ3) is 3.48. The van der Waals surface area contributed by atoms with Gasteiger partial charge in [-0.1, -0.05) is 42.5 Å². The molecule has 2 aromatic rings. The number of methoxy groups -OCH3 is 1. The van der Waals surface area contributed by atoms with Gasteiger partial charge in [0.15, 0.2) is 0 Å². The minimum Gasteiger partial charge on any atom is -0.497 e. The molecule has 1 amide bonds. The van der Waals surface area contributed by atoms with Crippen LogP contribution in [0.4, 0.5) is 0 Å². The van der Waals surface area contributed by atoms with Crippen molar-refractivity contribution in [2.75, 3.05) is 13.7 Å². The predicted octanol–water partition coefficient (Wildman–Crippen LogP) is 3.16. The number of rotatable bonds is 6. The van der Waals surface area contributed by atoms with Crippen LogP contribution in [0.15, 0.2) is 54.6 Å². The quantitative estimate of drug-likeness (QED) is 0.889. The van der Waals surface area contributed by atoms with Crippen molar-refractivity contribution in [3.63, 3.8) is 0 Å². The highest BCUT2D eigenvalue weighted by Crippen LogP contribution is 2.47. The SMILES string of the molecule is COc1ccc(CCNC(=O)C2CC2c2ccccc2)cc1. The highest BCUT2D eigenvalue weighted by molar-refractivity contribution is 5.82. The van der Waals surface area contributed by atoms with E-state index in [1.807, 2.05) is 42.5 Å². The van der Waals surface area contributed by atoms with E-state index in [1.54, 1.807) is 7.11 Å². The molecule has 2 unspecified atom stereocenters. The summed E-state index contributed by atoms with van der Waals surface area (Å²) in [5.41, 5.74) is 2.48. The largest absolute Gasteiger partial charge is 0.497 e. The number of nitrogens with one attached hydrogen (secondary N) is 1. The fraction of sp³-hybridized carbons (Fsp3) is 0.316. The van der Waals surface area contributed by atoms with Gasteiger partial charge in [0.1, 0.15) is 5.75 Å². The van der Waals surface area contributed by atoms with Gasteiger partial charge < -0.3 is 10.1 Å². The molecule has 1 fully saturated rings. The Labute approximate surface area is 131 Å². The molecular formula is C19H21NO2. The molecule has 0 radical (unpaired) electrons. The summed E-state index contributed by atoms with van der Waals surface area (Å²) in [4.78, 5) is 12.1. The summed E-state index contributed by atoms with van der Waals surface area (Å²) in [6.45, 7) is 0.684. The van der Waals surface area contributed by atoms with E-state index in [-0.39, 0.29) is 11.8 Å². The summed E-state index contributed by atoms with van der Waals surface area (Å²) in [6, 6.07) is 18.3. The molecule has 1 aliphatic rings. The van der Waals surface area contributed by atoms with E-state index >= 15 is 0 Å². The van der Waals surface area contributed by atoms with Crippen LogP contribution < -0.4 is 10.1 Å². The van der Waals surface area contributed by atoms with Crippen molar-refractivity contribution < 1.29 is 9.53 Å². The van der Waals surface area contributed by atoms with Crippen molar-refractivity contribution in [1.82, 2.24) is 5.32 Å². The van der Waals surface area contributed by atoms with Crippen molar-refractivity contribution in [2.24, 2.45) is 5.92 Å². The van der Waals surface area contributed by atoms with Crippen LogP contribution in [0.1, 0.15) is 23.5 Å². The van der Waals surface area contributed by atoms with Crippen molar-refractivity contribution in [2.45, 2.75) is 18.8 Å². The van der Waals surface area contributed by atoms with Gasteiger partial charge in [-0.05, 0) is 42.0 Å². The van der Waals surface area contributed by atoms with Crippen molar-refractivity contribution in [1.29, 1.82) is 0 Å². The lowest BCUT2D eigenvalue weighted by Crippen LogP contribution is -2.27. The van der Waals surface area contributed by atoms with Crippen LogP contribution in [0.2, 0.25) is 0 Å². The minimum absolute atomic E-state index is 0.151. The van der Waals surface area contributed by atoms with Gasteiger partial charge in [0, 0.05) is 12.5 Å². The maximum absolute atomic E-state index is 12.1. The van der Waals surface area contributed by atoms with Crippen LogP contribution in [0, 0.1) is 5.92 Å². The molecule has 0 bridgehead atoms. The number of amides is 1. The van der Waals surface area contributed by atoms with E-state index in [4.69, 9.17) is 4.74 Å². The zero-order chi connectivity index (χ0) is 15.4. The Kier molecular flexibility index (Phi) is 4.42. The van der Waals surface area contributed by atoms with Crippen LogP contribution in [0.5, 0.6) is 5.75 Å². The lowest BCUT2D eigenvalue weighted by molar-refractivity contribution is -0.122. The second-order valence-corrected chi connectivity index (χ2v) is 5.75. The summed E-state index contributed by atoms with van der Waals surface area (Å²) < 4.78 is 5.14. The Morgan fingerprint density at radius 3 is 2.55 bits per heavy atom. The summed E-state index contributed by atoms with van der Waals surface area (Å²) in [6.07, 6.45) is 1.82.